The lowest BCUT2D eigenvalue weighted by Crippen LogP contribution is -2.08. The molecule has 0 atom stereocenters. The molecule has 92 valence electrons. The summed E-state index contributed by atoms with van der Waals surface area (Å²) in [5, 5.41) is 15.9. The summed E-state index contributed by atoms with van der Waals surface area (Å²) in [5.74, 6) is 0.623. The molecular formula is C11H16N4O2. The van der Waals surface area contributed by atoms with E-state index in [1.54, 1.807) is 4.52 Å². The van der Waals surface area contributed by atoms with Crippen molar-refractivity contribution in [2.45, 2.75) is 6.42 Å². The van der Waals surface area contributed by atoms with E-state index in [4.69, 9.17) is 9.84 Å². The minimum atomic E-state index is 0.0709. The van der Waals surface area contributed by atoms with Gasteiger partial charge in [0, 0.05) is 19.3 Å². The van der Waals surface area contributed by atoms with Crippen molar-refractivity contribution < 1.29 is 9.84 Å². The molecule has 17 heavy (non-hydrogen) atoms. The minimum Gasteiger partial charge on any atom is -0.394 e. The molecule has 6 heteroatoms. The van der Waals surface area contributed by atoms with Gasteiger partial charge in [-0.1, -0.05) is 6.07 Å². The zero-order valence-corrected chi connectivity index (χ0v) is 9.54. The molecule has 0 radical (unpaired) electrons. The van der Waals surface area contributed by atoms with Gasteiger partial charge < -0.3 is 15.2 Å². The molecule has 0 saturated carbocycles. The predicted octanol–water partition coefficient (Wildman–Crippen LogP) is 0.540. The maximum Gasteiger partial charge on any atom is 0.243 e. The molecule has 2 rings (SSSR count). The van der Waals surface area contributed by atoms with Crippen LogP contribution in [0.2, 0.25) is 0 Å². The highest BCUT2D eigenvalue weighted by Gasteiger charge is 2.00. The first-order valence-electron chi connectivity index (χ1n) is 5.64. The van der Waals surface area contributed by atoms with E-state index in [0.717, 1.165) is 18.6 Å². The van der Waals surface area contributed by atoms with Crippen molar-refractivity contribution in [2.24, 2.45) is 0 Å². The largest absolute Gasteiger partial charge is 0.394 e. The van der Waals surface area contributed by atoms with Crippen LogP contribution in [0.15, 0.2) is 24.4 Å². The van der Waals surface area contributed by atoms with Crippen LogP contribution in [0.25, 0.3) is 5.65 Å². The number of aliphatic hydroxyl groups excluding tert-OH is 1. The van der Waals surface area contributed by atoms with Crippen molar-refractivity contribution in [3.8, 4) is 0 Å². The van der Waals surface area contributed by atoms with Gasteiger partial charge in [0.1, 0.15) is 0 Å². The molecule has 0 aliphatic rings. The Hall–Kier alpha value is -1.66. The fraction of sp³-hybridized carbons (Fsp3) is 0.455. The molecule has 0 aliphatic heterocycles. The van der Waals surface area contributed by atoms with Crippen molar-refractivity contribution in [1.29, 1.82) is 0 Å². The fourth-order valence-electron chi connectivity index (χ4n) is 1.45. The van der Waals surface area contributed by atoms with Crippen LogP contribution in [0.1, 0.15) is 6.42 Å². The van der Waals surface area contributed by atoms with Gasteiger partial charge in [-0.15, -0.1) is 5.10 Å². The number of rotatable bonds is 7. The molecule has 0 amide bonds. The van der Waals surface area contributed by atoms with Crippen LogP contribution in [-0.2, 0) is 4.74 Å². The SMILES string of the molecule is OCCOCCCNc1nc2ccccn2n1. The second kappa shape index (κ2) is 6.17. The summed E-state index contributed by atoms with van der Waals surface area (Å²) >= 11 is 0. The molecule has 0 aliphatic carbocycles. The fourth-order valence-corrected chi connectivity index (χ4v) is 1.45. The Kier molecular flexibility index (Phi) is 4.29. The number of hydrogen-bond donors (Lipinski definition) is 2. The number of nitrogens with zero attached hydrogens (tertiary/aromatic N) is 3. The van der Waals surface area contributed by atoms with Gasteiger partial charge in [-0.3, -0.25) is 0 Å². The number of aliphatic hydroxyl groups is 1. The molecule has 0 fully saturated rings. The molecule has 0 bridgehead atoms. The van der Waals surface area contributed by atoms with Crippen molar-refractivity contribution in [1.82, 2.24) is 14.6 Å². The van der Waals surface area contributed by atoms with Crippen LogP contribution in [0.5, 0.6) is 0 Å². The van der Waals surface area contributed by atoms with Gasteiger partial charge in [-0.25, -0.2) is 4.52 Å². The molecule has 2 heterocycles. The van der Waals surface area contributed by atoms with Crippen molar-refractivity contribution in [3.63, 3.8) is 0 Å². The lowest BCUT2D eigenvalue weighted by molar-refractivity contribution is 0.0921. The summed E-state index contributed by atoms with van der Waals surface area (Å²) in [7, 11) is 0. The highest BCUT2D eigenvalue weighted by Crippen LogP contribution is 2.03. The van der Waals surface area contributed by atoms with Crippen molar-refractivity contribution in [2.75, 3.05) is 31.7 Å². The van der Waals surface area contributed by atoms with Crippen LogP contribution in [0.3, 0.4) is 0 Å². The van der Waals surface area contributed by atoms with Gasteiger partial charge in [0.2, 0.25) is 5.95 Å². The summed E-state index contributed by atoms with van der Waals surface area (Å²) in [4.78, 5) is 4.31. The molecular weight excluding hydrogens is 220 g/mol. The standard InChI is InChI=1S/C11H16N4O2/c16-7-9-17-8-3-5-12-11-13-10-4-1-2-6-15(10)14-11/h1-2,4,6,16H,3,5,7-9H2,(H,12,14). The zero-order chi connectivity index (χ0) is 11.9. The van der Waals surface area contributed by atoms with Crippen LogP contribution in [0.4, 0.5) is 5.95 Å². The lowest BCUT2D eigenvalue weighted by Gasteiger charge is -2.02. The lowest BCUT2D eigenvalue weighted by atomic mass is 10.4. The molecule has 0 aromatic carbocycles. The summed E-state index contributed by atoms with van der Waals surface area (Å²) in [6, 6.07) is 5.74. The van der Waals surface area contributed by atoms with E-state index in [1.807, 2.05) is 24.4 Å². The zero-order valence-electron chi connectivity index (χ0n) is 9.54. The second-order valence-electron chi connectivity index (χ2n) is 3.56. The normalized spacial score (nSPS) is 10.9. The van der Waals surface area contributed by atoms with Gasteiger partial charge in [0.05, 0.1) is 13.2 Å². The molecule has 2 aromatic heterocycles. The third-order valence-corrected chi connectivity index (χ3v) is 2.23. The number of pyridine rings is 1. The van der Waals surface area contributed by atoms with Gasteiger partial charge in [0.25, 0.3) is 0 Å². The van der Waals surface area contributed by atoms with Crippen LogP contribution >= 0.6 is 0 Å². The van der Waals surface area contributed by atoms with Crippen LogP contribution in [-0.4, -0.2) is 46.1 Å². The van der Waals surface area contributed by atoms with E-state index in [-0.39, 0.29) is 6.61 Å². The van der Waals surface area contributed by atoms with E-state index >= 15 is 0 Å². The third kappa shape index (κ3) is 3.40. The van der Waals surface area contributed by atoms with E-state index in [1.165, 1.54) is 0 Å². The number of ether oxygens (including phenoxy) is 1. The Morgan fingerprint density at radius 3 is 3.12 bits per heavy atom. The second-order valence-corrected chi connectivity index (χ2v) is 3.56. The Balaban J connectivity index is 1.75. The quantitative estimate of drug-likeness (QED) is 0.686. The third-order valence-electron chi connectivity index (χ3n) is 2.23. The maximum atomic E-state index is 8.52. The van der Waals surface area contributed by atoms with Gasteiger partial charge >= 0.3 is 0 Å². The Morgan fingerprint density at radius 1 is 1.35 bits per heavy atom. The van der Waals surface area contributed by atoms with Gasteiger partial charge in [0.15, 0.2) is 5.65 Å². The Bertz CT molecular complexity index is 424. The van der Waals surface area contributed by atoms with Gasteiger partial charge in [-0.2, -0.15) is 4.98 Å². The minimum absolute atomic E-state index is 0.0709. The highest BCUT2D eigenvalue weighted by atomic mass is 16.5. The average Bonchev–Trinajstić information content (AvgIpc) is 2.76. The molecule has 0 saturated heterocycles. The van der Waals surface area contributed by atoms with Crippen LogP contribution in [0, 0.1) is 0 Å². The van der Waals surface area contributed by atoms with E-state index in [9.17, 15) is 0 Å². The molecule has 2 aromatic rings. The highest BCUT2D eigenvalue weighted by molar-refractivity contribution is 5.42. The summed E-state index contributed by atoms with van der Waals surface area (Å²) in [6.45, 7) is 1.84. The maximum absolute atomic E-state index is 8.52. The van der Waals surface area contributed by atoms with E-state index in [2.05, 4.69) is 15.4 Å². The predicted molar refractivity (Wildman–Crippen MR) is 64.0 cm³/mol. The number of aromatic nitrogens is 3. The van der Waals surface area contributed by atoms with E-state index in [0.29, 0.717) is 19.2 Å². The van der Waals surface area contributed by atoms with E-state index < -0.39 is 0 Å². The Morgan fingerprint density at radius 2 is 2.29 bits per heavy atom. The molecule has 0 unspecified atom stereocenters. The van der Waals surface area contributed by atoms with Crippen molar-refractivity contribution in [3.05, 3.63) is 24.4 Å². The molecule has 2 N–H and O–H groups in total. The monoisotopic (exact) mass is 236 g/mol. The summed E-state index contributed by atoms with van der Waals surface area (Å²) < 4.78 is 6.87. The number of fused-ring (bicyclic) bond motifs is 1. The number of hydrogen-bond acceptors (Lipinski definition) is 5. The molecule has 0 spiro atoms. The number of anilines is 1. The molecule has 6 nitrogen and oxygen atoms in total. The number of nitrogens with one attached hydrogen (secondary N) is 1. The first-order chi connectivity index (χ1) is 8.40. The van der Waals surface area contributed by atoms with Gasteiger partial charge in [-0.05, 0) is 18.6 Å². The van der Waals surface area contributed by atoms with Crippen LogP contribution < -0.4 is 5.32 Å². The summed E-state index contributed by atoms with van der Waals surface area (Å²) in [5.41, 5.74) is 0.825. The topological polar surface area (TPSA) is 71.7 Å². The Labute approximate surface area is 99.2 Å². The average molecular weight is 236 g/mol. The smallest absolute Gasteiger partial charge is 0.243 e. The summed E-state index contributed by atoms with van der Waals surface area (Å²) in [6.07, 6.45) is 2.72. The first-order valence-corrected chi connectivity index (χ1v) is 5.64. The van der Waals surface area contributed by atoms with Crippen molar-refractivity contribution >= 4 is 11.6 Å². The first kappa shape index (κ1) is 11.8.